The highest BCUT2D eigenvalue weighted by molar-refractivity contribution is 5.77. The molecule has 21 heavy (non-hydrogen) atoms. The third kappa shape index (κ3) is 5.05. The molecule has 0 radical (unpaired) electrons. The number of ether oxygens (including phenoxy) is 1. The number of amides is 1. The molecular formula is C17H26N2O2. The van der Waals surface area contributed by atoms with E-state index in [-0.39, 0.29) is 18.6 Å². The molecule has 4 nitrogen and oxygen atoms in total. The highest BCUT2D eigenvalue weighted by atomic mass is 16.5. The number of hydrogen-bond donors (Lipinski definition) is 1. The molecule has 116 valence electrons. The predicted octanol–water partition coefficient (Wildman–Crippen LogP) is 2.36. The molecule has 1 fully saturated rings. The number of benzene rings is 1. The van der Waals surface area contributed by atoms with Crippen LogP contribution in [0.15, 0.2) is 24.3 Å². The average Bonchev–Trinajstić information content (AvgIpc) is 2.46. The third-order valence-electron chi connectivity index (χ3n) is 3.98. The number of nitrogens with one attached hydrogen (secondary N) is 1. The summed E-state index contributed by atoms with van der Waals surface area (Å²) in [6.07, 6.45) is 2.04. The lowest BCUT2D eigenvalue weighted by Crippen LogP contribution is -2.47. The van der Waals surface area contributed by atoms with Crippen molar-refractivity contribution in [1.82, 2.24) is 10.2 Å². The van der Waals surface area contributed by atoms with E-state index in [9.17, 15) is 4.79 Å². The fourth-order valence-corrected chi connectivity index (χ4v) is 2.68. The van der Waals surface area contributed by atoms with Crippen LogP contribution in [0.25, 0.3) is 0 Å². The maximum absolute atomic E-state index is 11.9. The van der Waals surface area contributed by atoms with E-state index in [2.05, 4.69) is 24.1 Å². The van der Waals surface area contributed by atoms with Crippen LogP contribution in [-0.2, 0) is 4.79 Å². The zero-order chi connectivity index (χ0) is 15.2. The summed E-state index contributed by atoms with van der Waals surface area (Å²) in [5, 5.41) is 3.07. The molecule has 0 bridgehead atoms. The van der Waals surface area contributed by atoms with Crippen LogP contribution < -0.4 is 10.1 Å². The van der Waals surface area contributed by atoms with Crippen molar-refractivity contribution in [3.05, 3.63) is 29.8 Å². The maximum Gasteiger partial charge on any atom is 0.258 e. The standard InChI is InChI=1S/C17H26N2O2/c1-13(2)19-9-7-15(8-10-19)18-17(20)12-21-16-6-4-5-14(3)11-16/h4-6,11,13,15H,7-10,12H2,1-3H3,(H,18,20). The van der Waals surface area contributed by atoms with Gasteiger partial charge in [-0.25, -0.2) is 0 Å². The summed E-state index contributed by atoms with van der Waals surface area (Å²) >= 11 is 0. The molecule has 0 spiro atoms. The lowest BCUT2D eigenvalue weighted by molar-refractivity contribution is -0.124. The first-order valence-corrected chi connectivity index (χ1v) is 7.77. The predicted molar refractivity (Wildman–Crippen MR) is 84.5 cm³/mol. The van der Waals surface area contributed by atoms with Gasteiger partial charge in [-0.3, -0.25) is 4.79 Å². The highest BCUT2D eigenvalue weighted by Crippen LogP contribution is 2.14. The van der Waals surface area contributed by atoms with E-state index in [1.54, 1.807) is 0 Å². The molecule has 0 saturated carbocycles. The quantitative estimate of drug-likeness (QED) is 0.905. The van der Waals surface area contributed by atoms with Crippen LogP contribution in [-0.4, -0.2) is 42.6 Å². The minimum atomic E-state index is -0.0282. The Hall–Kier alpha value is -1.55. The maximum atomic E-state index is 11.9. The van der Waals surface area contributed by atoms with Crippen LogP contribution in [0.5, 0.6) is 5.75 Å². The van der Waals surface area contributed by atoms with Crippen molar-refractivity contribution in [2.45, 2.75) is 45.7 Å². The number of nitrogens with zero attached hydrogens (tertiary/aromatic N) is 1. The molecule has 0 aliphatic carbocycles. The molecule has 1 saturated heterocycles. The second-order valence-corrected chi connectivity index (χ2v) is 6.08. The van der Waals surface area contributed by atoms with Crippen LogP contribution in [0, 0.1) is 6.92 Å². The molecule has 1 aromatic carbocycles. The first kappa shape index (κ1) is 15.8. The van der Waals surface area contributed by atoms with Crippen LogP contribution >= 0.6 is 0 Å². The number of aryl methyl sites for hydroxylation is 1. The molecule has 0 unspecified atom stereocenters. The molecule has 0 atom stereocenters. The molecule has 1 aliphatic rings. The van der Waals surface area contributed by atoms with Gasteiger partial charge in [-0.2, -0.15) is 0 Å². The van der Waals surface area contributed by atoms with Crippen molar-refractivity contribution < 1.29 is 9.53 Å². The van der Waals surface area contributed by atoms with E-state index in [4.69, 9.17) is 4.74 Å². The normalized spacial score (nSPS) is 17.0. The fourth-order valence-electron chi connectivity index (χ4n) is 2.68. The summed E-state index contributed by atoms with van der Waals surface area (Å²) in [6.45, 7) is 8.65. The Morgan fingerprint density at radius 3 is 2.71 bits per heavy atom. The zero-order valence-corrected chi connectivity index (χ0v) is 13.3. The number of piperidine rings is 1. The second kappa shape index (κ2) is 7.46. The fraction of sp³-hybridized carbons (Fsp3) is 0.588. The number of carbonyl (C=O) groups is 1. The molecule has 1 heterocycles. The van der Waals surface area contributed by atoms with Crippen molar-refractivity contribution in [3.63, 3.8) is 0 Å². The SMILES string of the molecule is Cc1cccc(OCC(=O)NC2CCN(C(C)C)CC2)c1. The largest absolute Gasteiger partial charge is 0.484 e. The van der Waals surface area contributed by atoms with E-state index in [1.165, 1.54) is 0 Å². The van der Waals surface area contributed by atoms with Gasteiger partial charge in [0.25, 0.3) is 5.91 Å². The second-order valence-electron chi connectivity index (χ2n) is 6.08. The van der Waals surface area contributed by atoms with E-state index >= 15 is 0 Å². The van der Waals surface area contributed by atoms with Gasteiger partial charge in [0.1, 0.15) is 5.75 Å². The third-order valence-corrected chi connectivity index (χ3v) is 3.98. The number of carbonyl (C=O) groups excluding carboxylic acids is 1. The lowest BCUT2D eigenvalue weighted by Gasteiger charge is -2.34. The summed E-state index contributed by atoms with van der Waals surface area (Å²) in [7, 11) is 0. The summed E-state index contributed by atoms with van der Waals surface area (Å²) in [4.78, 5) is 14.4. The molecule has 4 heteroatoms. The first-order valence-electron chi connectivity index (χ1n) is 7.77. The van der Waals surface area contributed by atoms with Crippen molar-refractivity contribution in [3.8, 4) is 5.75 Å². The van der Waals surface area contributed by atoms with Gasteiger partial charge >= 0.3 is 0 Å². The van der Waals surface area contributed by atoms with E-state index in [1.807, 2.05) is 31.2 Å². The van der Waals surface area contributed by atoms with Gasteiger partial charge in [0.15, 0.2) is 6.61 Å². The van der Waals surface area contributed by atoms with Crippen LogP contribution in [0.4, 0.5) is 0 Å². The van der Waals surface area contributed by atoms with Gasteiger partial charge in [0.05, 0.1) is 0 Å². The van der Waals surface area contributed by atoms with E-state index in [0.717, 1.165) is 37.2 Å². The van der Waals surface area contributed by atoms with E-state index in [0.29, 0.717) is 6.04 Å². The van der Waals surface area contributed by atoms with Gasteiger partial charge in [-0.1, -0.05) is 12.1 Å². The Morgan fingerprint density at radius 2 is 2.10 bits per heavy atom. The summed E-state index contributed by atoms with van der Waals surface area (Å²) in [5.41, 5.74) is 1.13. The van der Waals surface area contributed by atoms with Crippen molar-refractivity contribution in [2.24, 2.45) is 0 Å². The average molecular weight is 290 g/mol. The van der Waals surface area contributed by atoms with Gasteiger partial charge in [-0.15, -0.1) is 0 Å². The molecule has 2 rings (SSSR count). The number of rotatable bonds is 5. The molecule has 1 aromatic rings. The molecule has 1 amide bonds. The Morgan fingerprint density at radius 1 is 1.38 bits per heavy atom. The minimum Gasteiger partial charge on any atom is -0.484 e. The minimum absolute atomic E-state index is 0.0282. The van der Waals surface area contributed by atoms with Crippen molar-refractivity contribution in [2.75, 3.05) is 19.7 Å². The van der Waals surface area contributed by atoms with Gasteiger partial charge in [0.2, 0.25) is 0 Å². The van der Waals surface area contributed by atoms with Gasteiger partial charge in [-0.05, 0) is 51.3 Å². The van der Waals surface area contributed by atoms with Gasteiger partial charge in [0, 0.05) is 25.2 Å². The molecule has 0 aromatic heterocycles. The molecule has 1 N–H and O–H groups in total. The Balaban J connectivity index is 1.71. The Bertz CT molecular complexity index is 466. The van der Waals surface area contributed by atoms with Crippen LogP contribution in [0.3, 0.4) is 0 Å². The first-order chi connectivity index (χ1) is 10.0. The Labute approximate surface area is 127 Å². The van der Waals surface area contributed by atoms with Crippen molar-refractivity contribution in [1.29, 1.82) is 0 Å². The summed E-state index contributed by atoms with van der Waals surface area (Å²) < 4.78 is 5.53. The van der Waals surface area contributed by atoms with E-state index < -0.39 is 0 Å². The summed E-state index contributed by atoms with van der Waals surface area (Å²) in [6, 6.07) is 8.63. The zero-order valence-electron chi connectivity index (χ0n) is 13.3. The van der Waals surface area contributed by atoms with Gasteiger partial charge < -0.3 is 15.0 Å². The topological polar surface area (TPSA) is 41.6 Å². The van der Waals surface area contributed by atoms with Crippen LogP contribution in [0.2, 0.25) is 0 Å². The molecular weight excluding hydrogens is 264 g/mol. The number of hydrogen-bond acceptors (Lipinski definition) is 3. The smallest absolute Gasteiger partial charge is 0.258 e. The van der Waals surface area contributed by atoms with Crippen LogP contribution in [0.1, 0.15) is 32.3 Å². The summed E-state index contributed by atoms with van der Waals surface area (Å²) in [5.74, 6) is 0.722. The Kier molecular flexibility index (Phi) is 5.62. The van der Waals surface area contributed by atoms with Crippen molar-refractivity contribution >= 4 is 5.91 Å². The highest BCUT2D eigenvalue weighted by Gasteiger charge is 2.21. The molecule has 1 aliphatic heterocycles. The number of likely N-dealkylation sites (tertiary alicyclic amines) is 1. The monoisotopic (exact) mass is 290 g/mol. The lowest BCUT2D eigenvalue weighted by atomic mass is 10.0.